The Hall–Kier alpha value is -1.86. The standard InChI is InChI=1S/C15H20ClN3O4/c16-12-1-2-14(13(9-12)19(21)22)23-8-5-15(20)18-7-4-11-3-6-17-10-11/h1-2,9,11,17H,3-8,10H2,(H,18,20). The molecule has 1 aliphatic heterocycles. The van der Waals surface area contributed by atoms with Gasteiger partial charge in [-0.05, 0) is 44.0 Å². The molecule has 0 radical (unpaired) electrons. The summed E-state index contributed by atoms with van der Waals surface area (Å²) in [6, 6.07) is 4.18. The number of hydrogen-bond acceptors (Lipinski definition) is 5. The highest BCUT2D eigenvalue weighted by Gasteiger charge is 2.16. The predicted octanol–water partition coefficient (Wildman–Crippen LogP) is 2.13. The van der Waals surface area contributed by atoms with Crippen LogP contribution < -0.4 is 15.4 Å². The average molecular weight is 342 g/mol. The number of nitrogens with one attached hydrogen (secondary N) is 2. The normalized spacial score (nSPS) is 17.0. The molecule has 2 N–H and O–H groups in total. The molecule has 7 nitrogen and oxygen atoms in total. The molecule has 8 heteroatoms. The summed E-state index contributed by atoms with van der Waals surface area (Å²) in [6.45, 7) is 2.79. The SMILES string of the molecule is O=C(CCOc1ccc(Cl)cc1[N+](=O)[O-])NCCC1CCNC1. The molecule has 1 saturated heterocycles. The third kappa shape index (κ3) is 5.69. The third-order valence-electron chi connectivity index (χ3n) is 3.74. The molecule has 23 heavy (non-hydrogen) atoms. The van der Waals surface area contributed by atoms with E-state index in [0.29, 0.717) is 12.5 Å². The molecule has 1 aromatic carbocycles. The van der Waals surface area contributed by atoms with Crippen LogP contribution in [0, 0.1) is 16.0 Å². The number of rotatable bonds is 8. The summed E-state index contributed by atoms with van der Waals surface area (Å²) in [5, 5.41) is 17.3. The second-order valence-electron chi connectivity index (χ2n) is 5.47. The first kappa shape index (κ1) is 17.5. The lowest BCUT2D eigenvalue weighted by atomic mass is 10.1. The Morgan fingerprint density at radius 2 is 2.35 bits per heavy atom. The van der Waals surface area contributed by atoms with Crippen LogP contribution in [0.25, 0.3) is 0 Å². The van der Waals surface area contributed by atoms with Crippen molar-refractivity contribution in [2.45, 2.75) is 19.3 Å². The summed E-state index contributed by atoms with van der Waals surface area (Å²) in [5.74, 6) is 0.625. The zero-order chi connectivity index (χ0) is 16.7. The molecular formula is C15H20ClN3O4. The van der Waals surface area contributed by atoms with E-state index in [0.717, 1.165) is 25.9 Å². The first-order chi connectivity index (χ1) is 11.1. The van der Waals surface area contributed by atoms with Crippen LogP contribution in [-0.2, 0) is 4.79 Å². The molecule has 1 heterocycles. The van der Waals surface area contributed by atoms with Gasteiger partial charge in [-0.2, -0.15) is 0 Å². The van der Waals surface area contributed by atoms with Crippen LogP contribution >= 0.6 is 11.6 Å². The van der Waals surface area contributed by atoms with Crippen molar-refractivity contribution in [3.8, 4) is 5.75 Å². The van der Waals surface area contributed by atoms with Crippen LogP contribution in [0.5, 0.6) is 5.75 Å². The van der Waals surface area contributed by atoms with E-state index in [1.54, 1.807) is 0 Å². The number of nitro groups is 1. The van der Waals surface area contributed by atoms with Gasteiger partial charge in [0.15, 0.2) is 5.75 Å². The summed E-state index contributed by atoms with van der Waals surface area (Å²) in [6.07, 6.45) is 2.27. The topological polar surface area (TPSA) is 93.5 Å². The van der Waals surface area contributed by atoms with E-state index < -0.39 is 4.92 Å². The zero-order valence-electron chi connectivity index (χ0n) is 12.7. The molecule has 0 aliphatic carbocycles. The number of ether oxygens (including phenoxy) is 1. The van der Waals surface area contributed by atoms with Crippen molar-refractivity contribution in [1.29, 1.82) is 0 Å². The summed E-state index contributed by atoms with van der Waals surface area (Å²) in [5.41, 5.74) is -0.202. The minimum absolute atomic E-state index is 0.0826. The third-order valence-corrected chi connectivity index (χ3v) is 3.98. The van der Waals surface area contributed by atoms with Gasteiger partial charge in [0.1, 0.15) is 0 Å². The molecule has 126 valence electrons. The molecule has 1 aliphatic rings. The molecule has 1 atom stereocenters. The van der Waals surface area contributed by atoms with Gasteiger partial charge in [0.05, 0.1) is 18.0 Å². The van der Waals surface area contributed by atoms with Crippen molar-refractivity contribution in [2.24, 2.45) is 5.92 Å². The molecule has 1 amide bonds. The highest BCUT2D eigenvalue weighted by molar-refractivity contribution is 6.30. The van der Waals surface area contributed by atoms with E-state index in [9.17, 15) is 14.9 Å². The Labute approximate surface area is 139 Å². The largest absolute Gasteiger partial charge is 0.486 e. The fourth-order valence-corrected chi connectivity index (χ4v) is 2.64. The molecule has 0 spiro atoms. The van der Waals surface area contributed by atoms with E-state index in [1.165, 1.54) is 18.2 Å². The quantitative estimate of drug-likeness (QED) is 0.558. The van der Waals surface area contributed by atoms with Gasteiger partial charge in [-0.15, -0.1) is 0 Å². The van der Waals surface area contributed by atoms with E-state index in [-0.39, 0.29) is 35.4 Å². The Balaban J connectivity index is 1.69. The van der Waals surface area contributed by atoms with Gasteiger partial charge in [0.25, 0.3) is 0 Å². The second kappa shape index (κ2) is 8.69. The van der Waals surface area contributed by atoms with Crippen molar-refractivity contribution in [3.63, 3.8) is 0 Å². The van der Waals surface area contributed by atoms with E-state index >= 15 is 0 Å². The lowest BCUT2D eigenvalue weighted by molar-refractivity contribution is -0.385. The number of nitrogens with zero attached hydrogens (tertiary/aromatic N) is 1. The van der Waals surface area contributed by atoms with Crippen LogP contribution in [0.1, 0.15) is 19.3 Å². The number of benzene rings is 1. The Morgan fingerprint density at radius 3 is 3.04 bits per heavy atom. The number of halogens is 1. The van der Waals surface area contributed by atoms with Crippen molar-refractivity contribution in [1.82, 2.24) is 10.6 Å². The minimum Gasteiger partial charge on any atom is -0.486 e. The van der Waals surface area contributed by atoms with E-state index in [1.807, 2.05) is 0 Å². The molecule has 0 saturated carbocycles. The van der Waals surface area contributed by atoms with Crippen molar-refractivity contribution < 1.29 is 14.5 Å². The van der Waals surface area contributed by atoms with Gasteiger partial charge in [0, 0.05) is 17.6 Å². The van der Waals surface area contributed by atoms with Gasteiger partial charge < -0.3 is 15.4 Å². The zero-order valence-corrected chi connectivity index (χ0v) is 13.5. The first-order valence-corrected chi connectivity index (χ1v) is 7.98. The Morgan fingerprint density at radius 1 is 1.52 bits per heavy atom. The Bertz CT molecular complexity index is 562. The van der Waals surface area contributed by atoms with Gasteiger partial charge in [0.2, 0.25) is 5.91 Å². The Kier molecular flexibility index (Phi) is 6.61. The van der Waals surface area contributed by atoms with Gasteiger partial charge in [-0.3, -0.25) is 14.9 Å². The number of amides is 1. The number of carbonyl (C=O) groups excluding carboxylic acids is 1. The van der Waals surface area contributed by atoms with E-state index in [4.69, 9.17) is 16.3 Å². The van der Waals surface area contributed by atoms with Gasteiger partial charge in [-0.25, -0.2) is 0 Å². The maximum Gasteiger partial charge on any atom is 0.312 e. The number of carbonyl (C=O) groups is 1. The maximum absolute atomic E-state index is 11.7. The summed E-state index contributed by atoms with van der Waals surface area (Å²) in [4.78, 5) is 22.1. The number of nitro benzene ring substituents is 1. The number of hydrogen-bond donors (Lipinski definition) is 2. The van der Waals surface area contributed by atoms with Crippen molar-refractivity contribution >= 4 is 23.2 Å². The average Bonchev–Trinajstić information content (AvgIpc) is 3.02. The fraction of sp³-hybridized carbons (Fsp3) is 0.533. The summed E-state index contributed by atoms with van der Waals surface area (Å²) >= 11 is 5.73. The molecule has 1 fully saturated rings. The lowest BCUT2D eigenvalue weighted by Gasteiger charge is -2.10. The summed E-state index contributed by atoms with van der Waals surface area (Å²) in [7, 11) is 0. The van der Waals surface area contributed by atoms with Gasteiger partial charge >= 0.3 is 5.69 Å². The van der Waals surface area contributed by atoms with Crippen LogP contribution in [0.15, 0.2) is 18.2 Å². The lowest BCUT2D eigenvalue weighted by Crippen LogP contribution is -2.27. The van der Waals surface area contributed by atoms with Gasteiger partial charge in [-0.1, -0.05) is 11.6 Å². The van der Waals surface area contributed by atoms with Crippen LogP contribution in [0.4, 0.5) is 5.69 Å². The van der Waals surface area contributed by atoms with Crippen molar-refractivity contribution in [3.05, 3.63) is 33.3 Å². The highest BCUT2D eigenvalue weighted by Crippen LogP contribution is 2.29. The highest BCUT2D eigenvalue weighted by atomic mass is 35.5. The van der Waals surface area contributed by atoms with Crippen LogP contribution in [-0.4, -0.2) is 37.1 Å². The molecule has 0 bridgehead atoms. The smallest absolute Gasteiger partial charge is 0.312 e. The fourth-order valence-electron chi connectivity index (χ4n) is 2.47. The summed E-state index contributed by atoms with van der Waals surface area (Å²) < 4.78 is 5.33. The van der Waals surface area contributed by atoms with Crippen molar-refractivity contribution in [2.75, 3.05) is 26.2 Å². The monoisotopic (exact) mass is 341 g/mol. The molecule has 1 aromatic rings. The molecular weight excluding hydrogens is 322 g/mol. The molecule has 2 rings (SSSR count). The molecule has 0 aromatic heterocycles. The first-order valence-electron chi connectivity index (χ1n) is 7.60. The minimum atomic E-state index is -0.559. The van der Waals surface area contributed by atoms with E-state index in [2.05, 4.69) is 10.6 Å². The molecule has 1 unspecified atom stereocenters. The van der Waals surface area contributed by atoms with Crippen LogP contribution in [0.3, 0.4) is 0 Å². The maximum atomic E-state index is 11.7. The predicted molar refractivity (Wildman–Crippen MR) is 86.8 cm³/mol. The second-order valence-corrected chi connectivity index (χ2v) is 5.90. The van der Waals surface area contributed by atoms with Crippen LogP contribution in [0.2, 0.25) is 5.02 Å².